The average Bonchev–Trinajstić information content (AvgIpc) is 2.92. The lowest BCUT2D eigenvalue weighted by Gasteiger charge is -2.22. The maximum absolute atomic E-state index is 11.8. The maximum Gasteiger partial charge on any atom is 0.310 e. The van der Waals surface area contributed by atoms with Gasteiger partial charge in [0.1, 0.15) is 6.29 Å². The zero-order valence-corrected chi connectivity index (χ0v) is 25.4. The summed E-state index contributed by atoms with van der Waals surface area (Å²) in [6.45, 7) is 16.0. The first-order chi connectivity index (χ1) is 18.6. The van der Waals surface area contributed by atoms with E-state index in [1.807, 2.05) is 71.0 Å². The molecule has 0 aromatic heterocycles. The minimum Gasteiger partial charge on any atom is -0.481 e. The van der Waals surface area contributed by atoms with Crippen LogP contribution in [-0.2, 0) is 16.0 Å². The normalized spacial score (nSPS) is 11.4. The number of carbonyl (C=O) groups is 2. The highest BCUT2D eigenvalue weighted by atomic mass is 16.4. The van der Waals surface area contributed by atoms with Crippen molar-refractivity contribution < 1.29 is 24.9 Å². The number of rotatable bonds is 9. The van der Waals surface area contributed by atoms with Gasteiger partial charge in [-0.2, -0.15) is 0 Å². The fourth-order valence-corrected chi connectivity index (χ4v) is 3.80. The molecule has 0 aliphatic carbocycles. The van der Waals surface area contributed by atoms with Gasteiger partial charge in [0.05, 0.1) is 5.92 Å². The number of aliphatic hydroxyl groups is 2. The zero-order chi connectivity index (χ0) is 30.4. The van der Waals surface area contributed by atoms with E-state index >= 15 is 0 Å². The van der Waals surface area contributed by atoms with Gasteiger partial charge in [-0.15, -0.1) is 0 Å². The number of allylic oxidation sites excluding steroid dienone is 5. The number of carboxylic acid groups (broad SMARTS) is 1. The SMILES string of the molecule is C/C=C\C(=C(C)C)/C(=C(\CC=O)C(CC)C(=O)O)c1ccc(C)cc1.CCO.CCc1ccc(C)cc1.CO. The molecule has 0 heterocycles. The van der Waals surface area contributed by atoms with Crippen LogP contribution in [-0.4, -0.2) is 41.3 Å². The van der Waals surface area contributed by atoms with E-state index in [0.29, 0.717) is 12.0 Å². The number of benzene rings is 2. The maximum atomic E-state index is 11.8. The van der Waals surface area contributed by atoms with Gasteiger partial charge in [0, 0.05) is 20.1 Å². The predicted octanol–water partition coefficient (Wildman–Crippen LogP) is 7.53. The van der Waals surface area contributed by atoms with Crippen molar-refractivity contribution in [1.82, 2.24) is 0 Å². The second kappa shape index (κ2) is 22.7. The van der Waals surface area contributed by atoms with Crippen LogP contribution in [0.4, 0.5) is 0 Å². The largest absolute Gasteiger partial charge is 0.481 e. The summed E-state index contributed by atoms with van der Waals surface area (Å²) >= 11 is 0. The van der Waals surface area contributed by atoms with Gasteiger partial charge in [0.2, 0.25) is 0 Å². The van der Waals surface area contributed by atoms with Crippen molar-refractivity contribution in [2.45, 2.75) is 74.7 Å². The molecule has 0 aliphatic heterocycles. The van der Waals surface area contributed by atoms with Gasteiger partial charge in [-0.05, 0) is 82.2 Å². The number of aliphatic hydroxyl groups excluding tert-OH is 2. The number of hydrogen-bond donors (Lipinski definition) is 3. The first kappa shape index (κ1) is 37.9. The summed E-state index contributed by atoms with van der Waals surface area (Å²) in [5.41, 5.74) is 8.42. The molecule has 5 heteroatoms. The molecule has 0 bridgehead atoms. The summed E-state index contributed by atoms with van der Waals surface area (Å²) < 4.78 is 0. The summed E-state index contributed by atoms with van der Waals surface area (Å²) in [4.78, 5) is 23.1. The average molecular weight is 539 g/mol. The molecule has 2 aromatic carbocycles. The van der Waals surface area contributed by atoms with Gasteiger partial charge in [-0.3, -0.25) is 4.79 Å². The fraction of sp³-hybridized carbons (Fsp3) is 0.412. The number of hydrogen-bond acceptors (Lipinski definition) is 4. The van der Waals surface area contributed by atoms with Crippen LogP contribution in [0.1, 0.15) is 76.6 Å². The Morgan fingerprint density at radius 2 is 1.36 bits per heavy atom. The Morgan fingerprint density at radius 3 is 1.69 bits per heavy atom. The fourth-order valence-electron chi connectivity index (χ4n) is 3.80. The number of carboxylic acids is 1. The van der Waals surface area contributed by atoms with Crippen LogP contribution in [0.15, 0.2) is 77.4 Å². The Balaban J connectivity index is 0. The van der Waals surface area contributed by atoms with Crippen LogP contribution in [0.2, 0.25) is 0 Å². The quantitative estimate of drug-likeness (QED) is 0.227. The Morgan fingerprint density at radius 1 is 0.897 bits per heavy atom. The molecule has 1 atom stereocenters. The molecule has 39 heavy (non-hydrogen) atoms. The number of carbonyl (C=O) groups excluding carboxylic acids is 1. The first-order valence-corrected chi connectivity index (χ1v) is 13.5. The van der Waals surface area contributed by atoms with E-state index < -0.39 is 11.9 Å². The molecule has 0 spiro atoms. The Labute approximate surface area is 236 Å². The van der Waals surface area contributed by atoms with Gasteiger partial charge in [-0.25, -0.2) is 0 Å². The van der Waals surface area contributed by atoms with Crippen LogP contribution in [0, 0.1) is 19.8 Å². The summed E-state index contributed by atoms with van der Waals surface area (Å²) in [6.07, 6.45) is 6.43. The molecule has 216 valence electrons. The van der Waals surface area contributed by atoms with E-state index in [1.54, 1.807) is 6.92 Å². The van der Waals surface area contributed by atoms with Crippen LogP contribution in [0.5, 0.6) is 0 Å². The van der Waals surface area contributed by atoms with Gasteiger partial charge in [-0.1, -0.05) is 91.2 Å². The first-order valence-electron chi connectivity index (χ1n) is 13.5. The molecule has 2 rings (SSSR count). The van der Waals surface area contributed by atoms with E-state index in [4.69, 9.17) is 10.2 Å². The summed E-state index contributed by atoms with van der Waals surface area (Å²) in [7, 11) is 1.00. The Hall–Kier alpha value is -3.28. The third kappa shape index (κ3) is 14.4. The molecule has 0 amide bonds. The molecule has 5 nitrogen and oxygen atoms in total. The number of aldehydes is 1. The monoisotopic (exact) mass is 538 g/mol. The van der Waals surface area contributed by atoms with Crippen molar-refractivity contribution in [3.63, 3.8) is 0 Å². The zero-order valence-electron chi connectivity index (χ0n) is 25.4. The molecule has 3 N–H and O–H groups in total. The van der Waals surface area contributed by atoms with Gasteiger partial charge < -0.3 is 20.1 Å². The lowest BCUT2D eigenvalue weighted by atomic mass is 9.82. The standard InChI is InChI=1S/C22H28O3.C9H12.C2H6O.CH4O/c1-6-8-19(15(3)4)21(17-11-9-16(5)10-12-17)20(13-14-23)18(7-2)22(24)25;1-3-9-6-4-8(2)5-7-9;1-2-3;1-2/h6,8-12,14,18H,7,13H2,1-5H3,(H,24,25);4-7H,3H2,1-2H3;3H,2H2,1H3;2H,1H3/b8-6-,21-20+;;;. The molecule has 0 radical (unpaired) electrons. The van der Waals surface area contributed by atoms with E-state index in [9.17, 15) is 14.7 Å². The smallest absolute Gasteiger partial charge is 0.310 e. The highest BCUT2D eigenvalue weighted by Crippen LogP contribution is 2.36. The van der Waals surface area contributed by atoms with Crippen molar-refractivity contribution in [3.8, 4) is 0 Å². The topological polar surface area (TPSA) is 94.8 Å². The van der Waals surface area contributed by atoms with Gasteiger partial charge in [0.15, 0.2) is 0 Å². The van der Waals surface area contributed by atoms with Crippen molar-refractivity contribution in [3.05, 3.63) is 99.7 Å². The third-order valence-corrected chi connectivity index (χ3v) is 5.76. The third-order valence-electron chi connectivity index (χ3n) is 5.76. The highest BCUT2D eigenvalue weighted by molar-refractivity contribution is 5.90. The van der Waals surface area contributed by atoms with E-state index in [0.717, 1.165) is 47.7 Å². The molecular formula is C34H50O5. The van der Waals surface area contributed by atoms with Crippen molar-refractivity contribution in [1.29, 1.82) is 0 Å². The molecular weight excluding hydrogens is 488 g/mol. The van der Waals surface area contributed by atoms with Crippen LogP contribution >= 0.6 is 0 Å². The molecule has 0 saturated carbocycles. The van der Waals surface area contributed by atoms with Crippen molar-refractivity contribution in [2.75, 3.05) is 13.7 Å². The highest BCUT2D eigenvalue weighted by Gasteiger charge is 2.25. The Kier molecular flexibility index (Phi) is 22.0. The molecule has 1 unspecified atom stereocenters. The minimum absolute atomic E-state index is 0.113. The van der Waals surface area contributed by atoms with Gasteiger partial charge >= 0.3 is 5.97 Å². The molecule has 0 fully saturated rings. The Bertz CT molecular complexity index is 1040. The molecule has 0 saturated heterocycles. The van der Waals surface area contributed by atoms with E-state index in [1.165, 1.54) is 11.1 Å². The summed E-state index contributed by atoms with van der Waals surface area (Å²) in [5, 5.41) is 24.2. The number of aryl methyl sites for hydroxylation is 3. The van der Waals surface area contributed by atoms with Crippen LogP contribution in [0.3, 0.4) is 0 Å². The number of aliphatic carboxylic acids is 1. The lowest BCUT2D eigenvalue weighted by Crippen LogP contribution is -2.18. The molecule has 0 aliphatic rings. The lowest BCUT2D eigenvalue weighted by molar-refractivity contribution is -0.140. The second-order valence-corrected chi connectivity index (χ2v) is 9.01. The second-order valence-electron chi connectivity index (χ2n) is 9.01. The van der Waals surface area contributed by atoms with Gasteiger partial charge in [0.25, 0.3) is 0 Å². The van der Waals surface area contributed by atoms with E-state index in [2.05, 4.69) is 38.1 Å². The van der Waals surface area contributed by atoms with Crippen molar-refractivity contribution >= 4 is 17.8 Å². The predicted molar refractivity (Wildman–Crippen MR) is 165 cm³/mol. The van der Waals surface area contributed by atoms with Crippen LogP contribution in [0.25, 0.3) is 5.57 Å². The van der Waals surface area contributed by atoms with Crippen molar-refractivity contribution in [2.24, 2.45) is 5.92 Å². The molecule has 2 aromatic rings. The van der Waals surface area contributed by atoms with Crippen LogP contribution < -0.4 is 0 Å². The summed E-state index contributed by atoms with van der Waals surface area (Å²) in [5.74, 6) is -1.57. The van der Waals surface area contributed by atoms with E-state index in [-0.39, 0.29) is 13.0 Å². The minimum atomic E-state index is -0.891. The summed E-state index contributed by atoms with van der Waals surface area (Å²) in [6, 6.07) is 16.7.